The molecule has 2 rings (SSSR count). The molecule has 7 heteroatoms. The molecule has 0 saturated heterocycles. The maximum atomic E-state index is 11.7. The summed E-state index contributed by atoms with van der Waals surface area (Å²) < 4.78 is 34.3. The fourth-order valence-electron chi connectivity index (χ4n) is 1.99. The Morgan fingerprint density at radius 3 is 2.43 bits per heavy atom. The molecule has 0 radical (unpaired) electrons. The summed E-state index contributed by atoms with van der Waals surface area (Å²) in [6, 6.07) is 10.4. The number of pyridine rings is 1. The van der Waals surface area contributed by atoms with Crippen LogP contribution in [0.15, 0.2) is 47.5 Å². The fraction of sp³-hybridized carbons (Fsp3) is 0.312. The van der Waals surface area contributed by atoms with Gasteiger partial charge in [0.05, 0.1) is 13.7 Å². The SMILES string of the molecule is COc1ccc(OC(C)CNc2ncccc2S(C)(=O)=O)cc1. The van der Waals surface area contributed by atoms with Crippen LogP contribution >= 0.6 is 0 Å². The van der Waals surface area contributed by atoms with Gasteiger partial charge in [-0.15, -0.1) is 0 Å². The van der Waals surface area contributed by atoms with Crippen LogP contribution in [0.25, 0.3) is 0 Å². The highest BCUT2D eigenvalue weighted by Gasteiger charge is 2.14. The van der Waals surface area contributed by atoms with Crippen molar-refractivity contribution < 1.29 is 17.9 Å². The molecule has 0 fully saturated rings. The quantitative estimate of drug-likeness (QED) is 0.836. The molecule has 0 spiro atoms. The number of methoxy groups -OCH3 is 1. The predicted octanol–water partition coefficient (Wildman–Crippen LogP) is 2.37. The number of ether oxygens (including phenoxy) is 2. The van der Waals surface area contributed by atoms with Gasteiger partial charge in [0.1, 0.15) is 28.3 Å². The van der Waals surface area contributed by atoms with Crippen LogP contribution in [0.1, 0.15) is 6.92 Å². The zero-order valence-corrected chi connectivity index (χ0v) is 14.1. The molecule has 1 aromatic heterocycles. The molecule has 2 aromatic rings. The number of hydrogen-bond donors (Lipinski definition) is 1. The first-order chi connectivity index (χ1) is 10.9. The van der Waals surface area contributed by atoms with E-state index in [1.54, 1.807) is 19.4 Å². The molecule has 1 N–H and O–H groups in total. The number of nitrogens with one attached hydrogen (secondary N) is 1. The van der Waals surface area contributed by atoms with Gasteiger partial charge in [0.25, 0.3) is 0 Å². The Kier molecular flexibility index (Phi) is 5.44. The summed E-state index contributed by atoms with van der Waals surface area (Å²) in [5, 5.41) is 3.02. The highest BCUT2D eigenvalue weighted by Crippen LogP contribution is 2.20. The lowest BCUT2D eigenvalue weighted by molar-refractivity contribution is 0.234. The lowest BCUT2D eigenvalue weighted by Crippen LogP contribution is -2.23. The molecular formula is C16H20N2O4S. The molecule has 0 amide bonds. The molecule has 0 aliphatic heterocycles. The van der Waals surface area contributed by atoms with E-state index < -0.39 is 9.84 Å². The molecule has 0 aliphatic rings. The Hall–Kier alpha value is -2.28. The van der Waals surface area contributed by atoms with Crippen molar-refractivity contribution >= 4 is 15.7 Å². The van der Waals surface area contributed by atoms with Crippen molar-refractivity contribution in [2.24, 2.45) is 0 Å². The highest BCUT2D eigenvalue weighted by atomic mass is 32.2. The second kappa shape index (κ2) is 7.32. The minimum Gasteiger partial charge on any atom is -0.497 e. The van der Waals surface area contributed by atoms with Gasteiger partial charge >= 0.3 is 0 Å². The summed E-state index contributed by atoms with van der Waals surface area (Å²) in [4.78, 5) is 4.26. The number of nitrogens with zero attached hydrogens (tertiary/aromatic N) is 1. The standard InChI is InChI=1S/C16H20N2O4S/c1-12(22-14-8-6-13(21-2)7-9-14)11-18-16-15(23(3,19)20)5-4-10-17-16/h4-10,12H,11H2,1-3H3,(H,17,18). The molecule has 1 aromatic carbocycles. The zero-order chi connectivity index (χ0) is 16.9. The van der Waals surface area contributed by atoms with Gasteiger partial charge in [-0.3, -0.25) is 0 Å². The second-order valence-corrected chi connectivity index (χ2v) is 7.09. The van der Waals surface area contributed by atoms with Crippen molar-refractivity contribution in [1.82, 2.24) is 4.98 Å². The molecule has 0 bridgehead atoms. The molecule has 6 nitrogen and oxygen atoms in total. The first-order valence-corrected chi connectivity index (χ1v) is 8.99. The minimum atomic E-state index is -3.33. The van der Waals surface area contributed by atoms with E-state index in [1.807, 2.05) is 31.2 Å². The number of hydrogen-bond acceptors (Lipinski definition) is 6. The monoisotopic (exact) mass is 336 g/mol. The Morgan fingerprint density at radius 2 is 1.83 bits per heavy atom. The first-order valence-electron chi connectivity index (χ1n) is 7.10. The van der Waals surface area contributed by atoms with Crippen molar-refractivity contribution in [2.75, 3.05) is 25.2 Å². The van der Waals surface area contributed by atoms with E-state index in [0.717, 1.165) is 12.0 Å². The van der Waals surface area contributed by atoms with Gasteiger partial charge < -0.3 is 14.8 Å². The van der Waals surface area contributed by atoms with Gasteiger partial charge in [-0.25, -0.2) is 13.4 Å². The Morgan fingerprint density at radius 1 is 1.17 bits per heavy atom. The van der Waals surface area contributed by atoms with E-state index in [-0.39, 0.29) is 11.0 Å². The van der Waals surface area contributed by atoms with E-state index in [0.29, 0.717) is 18.1 Å². The van der Waals surface area contributed by atoms with Crippen molar-refractivity contribution in [3.05, 3.63) is 42.6 Å². The second-order valence-electron chi connectivity index (χ2n) is 5.11. The molecule has 0 saturated carbocycles. The van der Waals surface area contributed by atoms with Crippen LogP contribution in [0.3, 0.4) is 0 Å². The molecule has 1 atom stereocenters. The van der Waals surface area contributed by atoms with E-state index in [4.69, 9.17) is 9.47 Å². The number of sulfone groups is 1. The van der Waals surface area contributed by atoms with Gasteiger partial charge in [-0.1, -0.05) is 0 Å². The summed E-state index contributed by atoms with van der Waals surface area (Å²) in [7, 11) is -1.72. The summed E-state index contributed by atoms with van der Waals surface area (Å²) in [6.45, 7) is 2.31. The maximum Gasteiger partial charge on any atom is 0.179 e. The van der Waals surface area contributed by atoms with Gasteiger partial charge in [0.15, 0.2) is 9.84 Å². The molecule has 23 heavy (non-hydrogen) atoms. The number of benzene rings is 1. The van der Waals surface area contributed by atoms with E-state index in [1.165, 1.54) is 6.07 Å². The van der Waals surface area contributed by atoms with Crippen LogP contribution in [0, 0.1) is 0 Å². The summed E-state index contributed by atoms with van der Waals surface area (Å²) in [5.74, 6) is 1.80. The maximum absolute atomic E-state index is 11.7. The van der Waals surface area contributed by atoms with Gasteiger partial charge in [-0.05, 0) is 43.3 Å². The summed E-state index contributed by atoms with van der Waals surface area (Å²) >= 11 is 0. The zero-order valence-electron chi connectivity index (χ0n) is 13.3. The lowest BCUT2D eigenvalue weighted by atomic mass is 10.3. The molecule has 124 valence electrons. The Bertz CT molecular complexity index is 745. The van der Waals surface area contributed by atoms with Crippen molar-refractivity contribution in [3.63, 3.8) is 0 Å². The van der Waals surface area contributed by atoms with E-state index >= 15 is 0 Å². The smallest absolute Gasteiger partial charge is 0.179 e. The van der Waals surface area contributed by atoms with Crippen LogP contribution in [-0.4, -0.2) is 39.4 Å². The summed E-state index contributed by atoms with van der Waals surface area (Å²) in [6.07, 6.45) is 2.54. The first kappa shape index (κ1) is 17.1. The minimum absolute atomic E-state index is 0.169. The molecule has 0 aliphatic carbocycles. The Balaban J connectivity index is 1.98. The van der Waals surface area contributed by atoms with Gasteiger partial charge in [0, 0.05) is 12.5 Å². The van der Waals surface area contributed by atoms with Gasteiger partial charge in [0.2, 0.25) is 0 Å². The third-order valence-corrected chi connectivity index (χ3v) is 4.25. The van der Waals surface area contributed by atoms with E-state index in [9.17, 15) is 8.42 Å². The third-order valence-electron chi connectivity index (χ3n) is 3.12. The third kappa shape index (κ3) is 4.85. The van der Waals surface area contributed by atoms with Crippen LogP contribution in [0.2, 0.25) is 0 Å². The number of anilines is 1. The van der Waals surface area contributed by atoms with Crippen LogP contribution in [0.4, 0.5) is 5.82 Å². The summed E-state index contributed by atoms with van der Waals surface area (Å²) in [5.41, 5.74) is 0. The van der Waals surface area contributed by atoms with Crippen molar-refractivity contribution in [2.45, 2.75) is 17.9 Å². The van der Waals surface area contributed by atoms with Crippen LogP contribution in [0.5, 0.6) is 11.5 Å². The normalized spacial score (nSPS) is 12.5. The van der Waals surface area contributed by atoms with Crippen LogP contribution < -0.4 is 14.8 Å². The number of rotatable bonds is 7. The van der Waals surface area contributed by atoms with E-state index in [2.05, 4.69) is 10.3 Å². The molecule has 1 unspecified atom stereocenters. The van der Waals surface area contributed by atoms with Gasteiger partial charge in [-0.2, -0.15) is 0 Å². The average Bonchev–Trinajstić information content (AvgIpc) is 2.53. The van der Waals surface area contributed by atoms with Crippen LogP contribution in [-0.2, 0) is 9.84 Å². The Labute approximate surface area is 136 Å². The lowest BCUT2D eigenvalue weighted by Gasteiger charge is -2.17. The fourth-order valence-corrected chi connectivity index (χ4v) is 2.79. The molecular weight excluding hydrogens is 316 g/mol. The molecule has 1 heterocycles. The van der Waals surface area contributed by atoms with Crippen molar-refractivity contribution in [3.8, 4) is 11.5 Å². The topological polar surface area (TPSA) is 77.5 Å². The largest absolute Gasteiger partial charge is 0.497 e. The average molecular weight is 336 g/mol. The van der Waals surface area contributed by atoms with Crippen molar-refractivity contribution in [1.29, 1.82) is 0 Å². The number of aromatic nitrogens is 1. The predicted molar refractivity (Wildman–Crippen MR) is 88.9 cm³/mol. The highest BCUT2D eigenvalue weighted by molar-refractivity contribution is 7.90.